The van der Waals surface area contributed by atoms with E-state index < -0.39 is 0 Å². The first-order valence-electron chi connectivity index (χ1n) is 10.3. The van der Waals surface area contributed by atoms with Gasteiger partial charge in [0.2, 0.25) is 0 Å². The molecule has 2 aliphatic rings. The number of aromatic nitrogens is 1. The number of hydrogen-bond donors (Lipinski definition) is 1. The summed E-state index contributed by atoms with van der Waals surface area (Å²) < 4.78 is 17.2. The topological polar surface area (TPSA) is 56.5 Å². The third kappa shape index (κ3) is 4.90. The van der Waals surface area contributed by atoms with E-state index in [1.54, 1.807) is 0 Å². The van der Waals surface area contributed by atoms with Crippen molar-refractivity contribution >= 4 is 0 Å². The molecule has 5 heteroatoms. The first-order chi connectivity index (χ1) is 13.3. The Balaban J connectivity index is 1.32. The third-order valence-electron chi connectivity index (χ3n) is 5.78. The van der Waals surface area contributed by atoms with Gasteiger partial charge in [0.05, 0.1) is 11.8 Å². The van der Waals surface area contributed by atoms with E-state index in [-0.39, 0.29) is 6.10 Å². The lowest BCUT2D eigenvalue weighted by molar-refractivity contribution is 0.0675. The van der Waals surface area contributed by atoms with Gasteiger partial charge in [-0.2, -0.15) is 0 Å². The fraction of sp³-hybridized carbons (Fsp3) is 0.591. The van der Waals surface area contributed by atoms with Gasteiger partial charge in [0.1, 0.15) is 18.1 Å². The zero-order chi connectivity index (χ0) is 18.5. The summed E-state index contributed by atoms with van der Waals surface area (Å²) >= 11 is 0. The van der Waals surface area contributed by atoms with E-state index in [1.165, 1.54) is 24.8 Å². The second-order valence-electron chi connectivity index (χ2n) is 7.87. The van der Waals surface area contributed by atoms with Crippen LogP contribution in [0.2, 0.25) is 0 Å². The summed E-state index contributed by atoms with van der Waals surface area (Å²) in [6.45, 7) is 4.32. The monoisotopic (exact) mass is 370 g/mol. The summed E-state index contributed by atoms with van der Waals surface area (Å²) in [4.78, 5) is 0. The van der Waals surface area contributed by atoms with Crippen LogP contribution in [0.5, 0.6) is 5.75 Å². The highest BCUT2D eigenvalue weighted by atomic mass is 16.5. The zero-order valence-electron chi connectivity index (χ0n) is 16.2. The van der Waals surface area contributed by atoms with Gasteiger partial charge in [-0.15, -0.1) is 0 Å². The van der Waals surface area contributed by atoms with E-state index in [1.807, 2.05) is 13.0 Å². The maximum Gasteiger partial charge on any atom is 0.137 e. The molecule has 4 rings (SSSR count). The van der Waals surface area contributed by atoms with E-state index in [9.17, 15) is 0 Å². The molecule has 1 N–H and O–H groups in total. The average molecular weight is 370 g/mol. The molecule has 1 aromatic carbocycles. The van der Waals surface area contributed by atoms with Gasteiger partial charge in [0.15, 0.2) is 0 Å². The Bertz CT molecular complexity index is 724. The van der Waals surface area contributed by atoms with Gasteiger partial charge in [0, 0.05) is 37.2 Å². The minimum absolute atomic E-state index is 0.246. The van der Waals surface area contributed by atoms with Gasteiger partial charge >= 0.3 is 0 Å². The summed E-state index contributed by atoms with van der Waals surface area (Å²) in [6, 6.07) is 10.9. The van der Waals surface area contributed by atoms with Crippen LogP contribution in [0.4, 0.5) is 0 Å². The number of rotatable bonds is 8. The smallest absolute Gasteiger partial charge is 0.137 e. The van der Waals surface area contributed by atoms with Crippen molar-refractivity contribution in [1.82, 2.24) is 10.5 Å². The van der Waals surface area contributed by atoms with Crippen molar-refractivity contribution in [3.63, 3.8) is 0 Å². The number of hydrogen-bond acceptors (Lipinski definition) is 5. The molecule has 2 heterocycles. The Labute approximate surface area is 161 Å². The lowest BCUT2D eigenvalue weighted by atomic mass is 9.97. The van der Waals surface area contributed by atoms with Crippen LogP contribution >= 0.6 is 0 Å². The largest absolute Gasteiger partial charge is 0.491 e. The molecule has 0 unspecified atom stereocenters. The minimum atomic E-state index is 0.246. The van der Waals surface area contributed by atoms with Crippen LogP contribution in [0.15, 0.2) is 34.9 Å². The van der Waals surface area contributed by atoms with Crippen molar-refractivity contribution in [3.8, 4) is 5.75 Å². The van der Waals surface area contributed by atoms with Gasteiger partial charge in [0.25, 0.3) is 0 Å². The van der Waals surface area contributed by atoms with Crippen LogP contribution < -0.4 is 10.1 Å². The van der Waals surface area contributed by atoms with Crippen LogP contribution in [0.25, 0.3) is 0 Å². The van der Waals surface area contributed by atoms with E-state index >= 15 is 0 Å². The Morgan fingerprint density at radius 1 is 1.19 bits per heavy atom. The lowest BCUT2D eigenvalue weighted by Gasteiger charge is -2.21. The predicted molar refractivity (Wildman–Crippen MR) is 104 cm³/mol. The quantitative estimate of drug-likeness (QED) is 0.760. The Morgan fingerprint density at radius 2 is 2.11 bits per heavy atom. The molecule has 1 saturated carbocycles. The van der Waals surface area contributed by atoms with Crippen molar-refractivity contribution in [1.29, 1.82) is 0 Å². The van der Waals surface area contributed by atoms with E-state index in [4.69, 9.17) is 14.0 Å². The van der Waals surface area contributed by atoms with Gasteiger partial charge in [-0.1, -0.05) is 29.8 Å². The predicted octanol–water partition coefficient (Wildman–Crippen LogP) is 4.04. The molecule has 0 amide bonds. The van der Waals surface area contributed by atoms with Crippen molar-refractivity contribution in [2.75, 3.05) is 13.2 Å². The van der Waals surface area contributed by atoms with Crippen molar-refractivity contribution in [2.24, 2.45) is 5.92 Å². The Kier molecular flexibility index (Phi) is 6.10. The SMILES string of the molecule is Cc1cc(C[C@@H]2CCC[C@H]2NCc2ccccc2OC[C@@H]2CCCO2)on1. The highest BCUT2D eigenvalue weighted by molar-refractivity contribution is 5.33. The van der Waals surface area contributed by atoms with E-state index in [2.05, 4.69) is 34.7 Å². The lowest BCUT2D eigenvalue weighted by Crippen LogP contribution is -2.33. The maximum absolute atomic E-state index is 6.07. The minimum Gasteiger partial charge on any atom is -0.491 e. The number of aryl methyl sites for hydroxylation is 1. The number of ether oxygens (including phenoxy) is 2. The van der Waals surface area contributed by atoms with Crippen molar-refractivity contribution < 1.29 is 14.0 Å². The van der Waals surface area contributed by atoms with Gasteiger partial charge in [-0.05, 0) is 44.6 Å². The van der Waals surface area contributed by atoms with Gasteiger partial charge in [-0.25, -0.2) is 0 Å². The molecule has 1 aliphatic carbocycles. The molecule has 0 spiro atoms. The fourth-order valence-corrected chi connectivity index (χ4v) is 4.31. The van der Waals surface area contributed by atoms with Crippen molar-refractivity contribution in [2.45, 2.75) is 64.1 Å². The number of nitrogens with zero attached hydrogens (tertiary/aromatic N) is 1. The van der Waals surface area contributed by atoms with Gasteiger partial charge < -0.3 is 19.3 Å². The standard InChI is InChI=1S/C22H30N2O3/c1-16-12-20(27-24-16)13-17-7-4-9-21(17)23-14-18-6-2-3-10-22(18)26-15-19-8-5-11-25-19/h2-3,6,10,12,17,19,21,23H,4-5,7-9,11,13-15H2,1H3/t17-,19-,21+/m0/s1. The first-order valence-corrected chi connectivity index (χ1v) is 10.3. The highest BCUT2D eigenvalue weighted by Crippen LogP contribution is 2.30. The fourth-order valence-electron chi connectivity index (χ4n) is 4.31. The molecule has 2 fully saturated rings. The number of benzene rings is 1. The molecule has 5 nitrogen and oxygen atoms in total. The molecule has 2 aromatic rings. The normalized spacial score (nSPS) is 25.1. The van der Waals surface area contributed by atoms with Crippen LogP contribution in [-0.2, 0) is 17.7 Å². The first kappa shape index (κ1) is 18.5. The molecule has 27 heavy (non-hydrogen) atoms. The molecule has 0 bridgehead atoms. The highest BCUT2D eigenvalue weighted by Gasteiger charge is 2.28. The summed E-state index contributed by atoms with van der Waals surface area (Å²) in [6.07, 6.45) is 7.19. The Hall–Kier alpha value is -1.85. The van der Waals surface area contributed by atoms with E-state index in [0.717, 1.165) is 49.6 Å². The summed E-state index contributed by atoms with van der Waals surface area (Å²) in [5.74, 6) is 2.59. The Morgan fingerprint density at radius 3 is 2.93 bits per heavy atom. The maximum atomic E-state index is 6.07. The van der Waals surface area contributed by atoms with Crippen LogP contribution in [0, 0.1) is 12.8 Å². The number of para-hydroxylation sites is 1. The molecule has 1 aromatic heterocycles. The van der Waals surface area contributed by atoms with Crippen LogP contribution in [0.1, 0.15) is 49.1 Å². The molecule has 146 valence electrons. The molecule has 1 saturated heterocycles. The number of nitrogens with one attached hydrogen (secondary N) is 1. The van der Waals surface area contributed by atoms with Crippen LogP contribution in [-0.4, -0.2) is 30.5 Å². The zero-order valence-corrected chi connectivity index (χ0v) is 16.2. The van der Waals surface area contributed by atoms with Crippen LogP contribution in [0.3, 0.4) is 0 Å². The molecule has 0 radical (unpaired) electrons. The molecular weight excluding hydrogens is 340 g/mol. The summed E-state index contributed by atoms with van der Waals surface area (Å²) in [7, 11) is 0. The summed E-state index contributed by atoms with van der Waals surface area (Å²) in [5.41, 5.74) is 2.18. The second kappa shape index (κ2) is 8.89. The second-order valence-corrected chi connectivity index (χ2v) is 7.87. The van der Waals surface area contributed by atoms with Gasteiger partial charge in [-0.3, -0.25) is 0 Å². The van der Waals surface area contributed by atoms with E-state index in [0.29, 0.717) is 18.6 Å². The third-order valence-corrected chi connectivity index (χ3v) is 5.78. The molecule has 3 atom stereocenters. The van der Waals surface area contributed by atoms with Crippen molar-refractivity contribution in [3.05, 3.63) is 47.3 Å². The molecular formula is C22H30N2O3. The summed E-state index contributed by atoms with van der Waals surface area (Å²) in [5, 5.41) is 7.79. The molecule has 1 aliphatic heterocycles. The average Bonchev–Trinajstić information content (AvgIpc) is 3.42.